The molecule has 1 aromatic rings. The van der Waals surface area contributed by atoms with Crippen LogP contribution in [0.1, 0.15) is 26.2 Å². The summed E-state index contributed by atoms with van der Waals surface area (Å²) in [6.07, 6.45) is 1.96. The van der Waals surface area contributed by atoms with Crippen molar-refractivity contribution >= 4 is 21.9 Å². The predicted octanol–water partition coefficient (Wildman–Crippen LogP) is 1.41. The Balaban J connectivity index is 1.84. The van der Waals surface area contributed by atoms with Gasteiger partial charge in [0.25, 0.3) is 0 Å². The van der Waals surface area contributed by atoms with Crippen LogP contribution in [0, 0.1) is 11.8 Å². The van der Waals surface area contributed by atoms with Gasteiger partial charge in [-0.25, -0.2) is 8.42 Å². The fourth-order valence-electron chi connectivity index (χ4n) is 3.85. The molecule has 0 saturated carbocycles. The summed E-state index contributed by atoms with van der Waals surface area (Å²) in [5, 5.41) is 9.28. The lowest BCUT2D eigenvalue weighted by atomic mass is 9.99. The highest BCUT2D eigenvalue weighted by Crippen LogP contribution is 2.30. The number of aliphatic carboxylic acids is 1. The van der Waals surface area contributed by atoms with Crippen LogP contribution in [0.3, 0.4) is 0 Å². The van der Waals surface area contributed by atoms with Crippen LogP contribution in [0.5, 0.6) is 0 Å². The number of sulfonamides is 1. The van der Waals surface area contributed by atoms with Crippen LogP contribution >= 0.6 is 0 Å². The second kappa shape index (κ2) is 7.36. The minimum Gasteiger partial charge on any atom is -0.481 e. The summed E-state index contributed by atoms with van der Waals surface area (Å²) >= 11 is 0. The van der Waals surface area contributed by atoms with Gasteiger partial charge < -0.3 is 10.0 Å². The lowest BCUT2D eigenvalue weighted by Gasteiger charge is -2.35. The van der Waals surface area contributed by atoms with Gasteiger partial charge in [-0.3, -0.25) is 9.59 Å². The Hall–Kier alpha value is -1.93. The largest absolute Gasteiger partial charge is 0.481 e. The number of carboxylic acids is 1. The number of rotatable bonds is 4. The zero-order chi connectivity index (χ0) is 18.9. The summed E-state index contributed by atoms with van der Waals surface area (Å²) in [4.78, 5) is 26.0. The molecule has 1 N–H and O–H groups in total. The highest BCUT2D eigenvalue weighted by atomic mass is 32.2. The first-order valence-corrected chi connectivity index (χ1v) is 10.3. The molecule has 3 rings (SSSR count). The summed E-state index contributed by atoms with van der Waals surface area (Å²) < 4.78 is 27.3. The van der Waals surface area contributed by atoms with Crippen molar-refractivity contribution in [2.45, 2.75) is 37.1 Å². The monoisotopic (exact) mass is 380 g/mol. The van der Waals surface area contributed by atoms with Crippen LogP contribution < -0.4 is 0 Å². The Kier molecular flexibility index (Phi) is 5.34. The van der Waals surface area contributed by atoms with Crippen LogP contribution in [-0.4, -0.2) is 60.3 Å². The number of carbonyl (C=O) groups excluding carboxylic acids is 1. The second-order valence-electron chi connectivity index (χ2n) is 7.11. The van der Waals surface area contributed by atoms with Gasteiger partial charge in [-0.1, -0.05) is 31.5 Å². The highest BCUT2D eigenvalue weighted by molar-refractivity contribution is 7.89. The van der Waals surface area contributed by atoms with Crippen LogP contribution in [-0.2, 0) is 19.6 Å². The molecule has 1 aromatic carbocycles. The maximum Gasteiger partial charge on any atom is 0.308 e. The van der Waals surface area contributed by atoms with E-state index in [0.29, 0.717) is 25.9 Å². The third-order valence-corrected chi connectivity index (χ3v) is 7.25. The summed E-state index contributed by atoms with van der Waals surface area (Å²) in [6, 6.07) is 7.37. The molecule has 2 heterocycles. The van der Waals surface area contributed by atoms with E-state index in [0.717, 1.165) is 6.42 Å². The third-order valence-electron chi connectivity index (χ3n) is 5.33. The fraction of sp³-hybridized carbons (Fsp3) is 0.556. The highest BCUT2D eigenvalue weighted by Gasteiger charge is 2.43. The van der Waals surface area contributed by atoms with E-state index in [-0.39, 0.29) is 23.3 Å². The normalized spacial score (nSPS) is 27.4. The average molecular weight is 380 g/mol. The van der Waals surface area contributed by atoms with E-state index < -0.39 is 28.0 Å². The molecule has 2 fully saturated rings. The number of carboxylic acid groups (broad SMARTS) is 1. The van der Waals surface area contributed by atoms with Crippen LogP contribution in [0.25, 0.3) is 0 Å². The molecular weight excluding hydrogens is 356 g/mol. The maximum atomic E-state index is 13.0. The van der Waals surface area contributed by atoms with Gasteiger partial charge in [-0.15, -0.1) is 0 Å². The first kappa shape index (κ1) is 18.8. The second-order valence-corrected chi connectivity index (χ2v) is 9.00. The van der Waals surface area contributed by atoms with Gasteiger partial charge in [-0.2, -0.15) is 4.31 Å². The molecule has 2 aliphatic heterocycles. The fourth-order valence-corrected chi connectivity index (χ4v) is 5.52. The minimum atomic E-state index is -3.76. The van der Waals surface area contributed by atoms with Crippen molar-refractivity contribution in [2.75, 3.05) is 19.6 Å². The minimum absolute atomic E-state index is 0.140. The lowest BCUT2D eigenvalue weighted by molar-refractivity contribution is -0.142. The Morgan fingerprint density at radius 3 is 2.42 bits per heavy atom. The zero-order valence-electron chi connectivity index (χ0n) is 14.7. The van der Waals surface area contributed by atoms with Gasteiger partial charge >= 0.3 is 5.97 Å². The summed E-state index contributed by atoms with van der Waals surface area (Å²) in [7, 11) is -3.76. The molecule has 142 valence electrons. The van der Waals surface area contributed by atoms with Crippen molar-refractivity contribution in [3.05, 3.63) is 30.3 Å². The number of benzene rings is 1. The first-order chi connectivity index (χ1) is 12.3. The lowest BCUT2D eigenvalue weighted by Crippen LogP contribution is -2.52. The number of piperidine rings is 1. The van der Waals surface area contributed by atoms with Crippen molar-refractivity contribution in [2.24, 2.45) is 11.8 Å². The molecule has 0 radical (unpaired) electrons. The van der Waals surface area contributed by atoms with Crippen molar-refractivity contribution in [3.8, 4) is 0 Å². The van der Waals surface area contributed by atoms with E-state index in [2.05, 4.69) is 0 Å². The molecule has 2 aliphatic rings. The SMILES string of the molecule is C[C@@H]1CN(C(=O)C2CCCCN2S(=O)(=O)c2ccccc2)C[C@H]1C(=O)O. The van der Waals surface area contributed by atoms with Gasteiger partial charge in [-0.05, 0) is 30.9 Å². The van der Waals surface area contributed by atoms with E-state index in [1.54, 1.807) is 18.2 Å². The molecule has 0 spiro atoms. The molecule has 2 saturated heterocycles. The van der Waals surface area contributed by atoms with Gasteiger partial charge in [0, 0.05) is 19.6 Å². The van der Waals surface area contributed by atoms with Gasteiger partial charge in [0.05, 0.1) is 10.8 Å². The number of hydrogen-bond acceptors (Lipinski definition) is 4. The van der Waals surface area contributed by atoms with Crippen molar-refractivity contribution in [3.63, 3.8) is 0 Å². The van der Waals surface area contributed by atoms with E-state index >= 15 is 0 Å². The van der Waals surface area contributed by atoms with E-state index in [1.807, 2.05) is 6.92 Å². The maximum absolute atomic E-state index is 13.0. The van der Waals surface area contributed by atoms with Gasteiger partial charge in [0.2, 0.25) is 15.9 Å². The molecule has 3 atom stereocenters. The quantitative estimate of drug-likeness (QED) is 0.852. The van der Waals surface area contributed by atoms with Crippen LogP contribution in [0.4, 0.5) is 0 Å². The van der Waals surface area contributed by atoms with Crippen LogP contribution in [0.15, 0.2) is 35.2 Å². The third kappa shape index (κ3) is 3.48. The van der Waals surface area contributed by atoms with Crippen molar-refractivity contribution in [1.29, 1.82) is 0 Å². The molecule has 1 amide bonds. The standard InChI is InChI=1S/C18H24N2O5S/c1-13-11-19(12-15(13)18(22)23)17(21)16-9-5-6-10-20(16)26(24,25)14-7-3-2-4-8-14/h2-4,7-8,13,15-16H,5-6,9-12H2,1H3,(H,22,23)/t13-,15-,16?/m1/s1. The van der Waals surface area contributed by atoms with E-state index in [1.165, 1.54) is 21.3 Å². The predicted molar refractivity (Wildman–Crippen MR) is 94.8 cm³/mol. The van der Waals surface area contributed by atoms with Gasteiger partial charge in [0.15, 0.2) is 0 Å². The number of nitrogens with zero attached hydrogens (tertiary/aromatic N) is 2. The summed E-state index contributed by atoms with van der Waals surface area (Å²) in [6.45, 7) is 2.61. The first-order valence-electron chi connectivity index (χ1n) is 8.91. The summed E-state index contributed by atoms with van der Waals surface area (Å²) in [5.41, 5.74) is 0. The molecular formula is C18H24N2O5S. The molecule has 0 bridgehead atoms. The molecule has 1 unspecified atom stereocenters. The molecule has 0 aliphatic carbocycles. The topological polar surface area (TPSA) is 95.0 Å². The molecule has 7 nitrogen and oxygen atoms in total. The van der Waals surface area contributed by atoms with E-state index in [9.17, 15) is 23.1 Å². The Bertz CT molecular complexity index is 780. The van der Waals surface area contributed by atoms with Crippen molar-refractivity contribution in [1.82, 2.24) is 9.21 Å². The van der Waals surface area contributed by atoms with Gasteiger partial charge in [0.1, 0.15) is 6.04 Å². The van der Waals surface area contributed by atoms with E-state index in [4.69, 9.17) is 0 Å². The van der Waals surface area contributed by atoms with Crippen molar-refractivity contribution < 1.29 is 23.1 Å². The van der Waals surface area contributed by atoms with Crippen LogP contribution in [0.2, 0.25) is 0 Å². The molecule has 0 aromatic heterocycles. The molecule has 8 heteroatoms. The Labute approximate surface area is 153 Å². The number of hydrogen-bond donors (Lipinski definition) is 1. The molecule has 26 heavy (non-hydrogen) atoms. The number of likely N-dealkylation sites (tertiary alicyclic amines) is 1. The smallest absolute Gasteiger partial charge is 0.308 e. The average Bonchev–Trinajstić information content (AvgIpc) is 3.04. The summed E-state index contributed by atoms with van der Waals surface area (Å²) in [5.74, 6) is -1.93. The Morgan fingerprint density at radius 1 is 1.12 bits per heavy atom. The number of carbonyl (C=O) groups is 2. The number of amides is 1. The Morgan fingerprint density at radius 2 is 1.81 bits per heavy atom. The zero-order valence-corrected chi connectivity index (χ0v) is 15.6.